The molecule has 6 nitrogen and oxygen atoms in total. The molecule has 0 saturated heterocycles. The second-order valence-electron chi connectivity index (χ2n) is 7.30. The molecule has 2 aromatic carbocycles. The molecule has 2 aromatic rings. The molecule has 0 unspecified atom stereocenters. The maximum atomic E-state index is 12.8. The van der Waals surface area contributed by atoms with Gasteiger partial charge in [0.25, 0.3) is 0 Å². The molecule has 1 atom stereocenters. The molecule has 0 aliphatic rings. The van der Waals surface area contributed by atoms with E-state index in [1.807, 2.05) is 37.3 Å². The highest BCUT2D eigenvalue weighted by Gasteiger charge is 2.25. The summed E-state index contributed by atoms with van der Waals surface area (Å²) >= 11 is 5.96. The molecule has 1 N–H and O–H groups in total. The first-order valence-electron chi connectivity index (χ1n) is 10.4. The number of nitrogens with one attached hydrogen (secondary N) is 1. The number of carbonyl (C=O) groups excluding carboxylic acids is 2. The third-order valence-corrected chi connectivity index (χ3v) is 5.31. The van der Waals surface area contributed by atoms with Gasteiger partial charge in [-0.1, -0.05) is 36.7 Å². The van der Waals surface area contributed by atoms with Crippen LogP contribution in [-0.4, -0.2) is 43.5 Å². The third kappa shape index (κ3) is 7.17. The van der Waals surface area contributed by atoms with E-state index in [2.05, 4.69) is 5.32 Å². The summed E-state index contributed by atoms with van der Waals surface area (Å²) in [6.45, 7) is 4.52. The van der Waals surface area contributed by atoms with Crippen LogP contribution in [0, 0.1) is 0 Å². The van der Waals surface area contributed by atoms with Gasteiger partial charge >= 0.3 is 0 Å². The van der Waals surface area contributed by atoms with Crippen LogP contribution in [0.5, 0.6) is 11.5 Å². The van der Waals surface area contributed by atoms with Crippen molar-refractivity contribution in [2.75, 3.05) is 20.8 Å². The number of carbonyl (C=O) groups is 2. The predicted octanol–water partition coefficient (Wildman–Crippen LogP) is 4.23. The average molecular weight is 447 g/mol. The quantitative estimate of drug-likeness (QED) is 0.560. The van der Waals surface area contributed by atoms with Gasteiger partial charge in [-0.25, -0.2) is 0 Å². The number of amides is 2. The van der Waals surface area contributed by atoms with Gasteiger partial charge in [-0.2, -0.15) is 0 Å². The number of halogens is 1. The maximum absolute atomic E-state index is 12.8. The maximum Gasteiger partial charge on any atom is 0.242 e. The molecule has 31 heavy (non-hydrogen) atoms. The lowest BCUT2D eigenvalue weighted by molar-refractivity contribution is -0.140. The number of rotatable bonds is 11. The summed E-state index contributed by atoms with van der Waals surface area (Å²) in [5, 5.41) is 3.58. The fourth-order valence-electron chi connectivity index (χ4n) is 3.24. The van der Waals surface area contributed by atoms with Crippen molar-refractivity contribution >= 4 is 23.4 Å². The first-order chi connectivity index (χ1) is 14.9. The van der Waals surface area contributed by atoms with E-state index in [9.17, 15) is 9.59 Å². The van der Waals surface area contributed by atoms with Gasteiger partial charge in [-0.3, -0.25) is 9.59 Å². The Morgan fingerprint density at radius 3 is 2.29 bits per heavy atom. The van der Waals surface area contributed by atoms with Crippen LogP contribution in [-0.2, 0) is 22.6 Å². The predicted molar refractivity (Wildman–Crippen MR) is 123 cm³/mol. The molecule has 0 radical (unpaired) electrons. The van der Waals surface area contributed by atoms with E-state index < -0.39 is 6.04 Å². The largest absolute Gasteiger partial charge is 0.493 e. The zero-order valence-electron chi connectivity index (χ0n) is 18.6. The van der Waals surface area contributed by atoms with Gasteiger partial charge in [0.1, 0.15) is 6.04 Å². The number of ether oxygens (including phenoxy) is 2. The number of methoxy groups -OCH3 is 2. The summed E-state index contributed by atoms with van der Waals surface area (Å²) in [7, 11) is 3.18. The zero-order chi connectivity index (χ0) is 22.8. The second kappa shape index (κ2) is 12.2. The number of hydrogen-bond acceptors (Lipinski definition) is 4. The molecule has 0 saturated carbocycles. The monoisotopic (exact) mass is 446 g/mol. The Morgan fingerprint density at radius 2 is 1.68 bits per heavy atom. The first kappa shape index (κ1) is 24.5. The van der Waals surface area contributed by atoms with Gasteiger partial charge in [0.05, 0.1) is 14.2 Å². The van der Waals surface area contributed by atoms with Crippen LogP contribution in [0.4, 0.5) is 0 Å². The normalized spacial score (nSPS) is 11.5. The van der Waals surface area contributed by atoms with E-state index in [4.69, 9.17) is 21.1 Å². The van der Waals surface area contributed by atoms with Crippen LogP contribution in [0.15, 0.2) is 42.5 Å². The van der Waals surface area contributed by atoms with Crippen LogP contribution in [0.1, 0.15) is 37.8 Å². The van der Waals surface area contributed by atoms with E-state index in [1.54, 1.807) is 38.2 Å². The van der Waals surface area contributed by atoms with E-state index in [0.29, 0.717) is 42.5 Å². The van der Waals surface area contributed by atoms with Crippen LogP contribution < -0.4 is 14.8 Å². The molecule has 0 fully saturated rings. The van der Waals surface area contributed by atoms with Crippen molar-refractivity contribution in [3.05, 3.63) is 58.6 Å². The Hall–Kier alpha value is -2.73. The Balaban J connectivity index is 2.00. The minimum atomic E-state index is -0.583. The fourth-order valence-corrected chi connectivity index (χ4v) is 3.37. The summed E-state index contributed by atoms with van der Waals surface area (Å²) in [6, 6.07) is 12.4. The highest BCUT2D eigenvalue weighted by Crippen LogP contribution is 2.27. The summed E-state index contributed by atoms with van der Waals surface area (Å²) in [6.07, 6.45) is 1.76. The number of benzene rings is 2. The molecule has 0 spiro atoms. The zero-order valence-corrected chi connectivity index (χ0v) is 19.4. The molecule has 7 heteroatoms. The van der Waals surface area contributed by atoms with Gasteiger partial charge < -0.3 is 19.7 Å². The topological polar surface area (TPSA) is 67.9 Å². The summed E-state index contributed by atoms with van der Waals surface area (Å²) in [5.41, 5.74) is 1.95. The lowest BCUT2D eigenvalue weighted by Gasteiger charge is -2.29. The van der Waals surface area contributed by atoms with Crippen molar-refractivity contribution < 1.29 is 19.1 Å². The Kier molecular flexibility index (Phi) is 9.66. The first-order valence-corrected chi connectivity index (χ1v) is 10.8. The average Bonchev–Trinajstić information content (AvgIpc) is 2.78. The van der Waals surface area contributed by atoms with E-state index in [-0.39, 0.29) is 11.8 Å². The molecule has 0 aliphatic carbocycles. The molecule has 0 aliphatic heterocycles. The van der Waals surface area contributed by atoms with Crippen molar-refractivity contribution in [1.82, 2.24) is 10.2 Å². The third-order valence-electron chi connectivity index (χ3n) is 5.06. The van der Waals surface area contributed by atoms with Gasteiger partial charge in [0.2, 0.25) is 11.8 Å². The van der Waals surface area contributed by atoms with Crippen LogP contribution in [0.3, 0.4) is 0 Å². The number of hydrogen-bond donors (Lipinski definition) is 1. The highest BCUT2D eigenvalue weighted by atomic mass is 35.5. The molecule has 0 heterocycles. The summed E-state index contributed by atoms with van der Waals surface area (Å²) < 4.78 is 10.6. The molecular formula is C24H31ClN2O4. The molecule has 168 valence electrons. The van der Waals surface area contributed by atoms with Crippen molar-refractivity contribution in [3.8, 4) is 11.5 Å². The van der Waals surface area contributed by atoms with Crippen molar-refractivity contribution in [1.29, 1.82) is 0 Å². The van der Waals surface area contributed by atoms with E-state index >= 15 is 0 Å². The van der Waals surface area contributed by atoms with Crippen molar-refractivity contribution in [2.45, 2.75) is 45.7 Å². The minimum Gasteiger partial charge on any atom is -0.493 e. The smallest absolute Gasteiger partial charge is 0.242 e. The highest BCUT2D eigenvalue weighted by molar-refractivity contribution is 6.30. The number of nitrogens with zero attached hydrogens (tertiary/aromatic N) is 1. The fraction of sp³-hybridized carbons (Fsp3) is 0.417. The van der Waals surface area contributed by atoms with Crippen LogP contribution in [0.2, 0.25) is 5.02 Å². The van der Waals surface area contributed by atoms with Crippen LogP contribution in [0.25, 0.3) is 0 Å². The van der Waals surface area contributed by atoms with Crippen molar-refractivity contribution in [2.24, 2.45) is 0 Å². The van der Waals surface area contributed by atoms with Gasteiger partial charge in [-0.15, -0.1) is 0 Å². The van der Waals surface area contributed by atoms with Gasteiger partial charge in [-0.05, 0) is 55.2 Å². The standard InChI is InChI=1S/C24H31ClN2O4/c1-5-6-23(28)27(16-19-7-10-20(25)11-8-19)17(2)24(29)26-14-13-18-9-12-21(30-3)22(15-18)31-4/h7-12,15,17H,5-6,13-14,16H2,1-4H3,(H,26,29)/t17-/m0/s1. The summed E-state index contributed by atoms with van der Waals surface area (Å²) in [5.74, 6) is 1.09. The molecule has 2 rings (SSSR count). The van der Waals surface area contributed by atoms with Gasteiger partial charge in [0, 0.05) is 24.5 Å². The molecular weight excluding hydrogens is 416 g/mol. The lowest BCUT2D eigenvalue weighted by atomic mass is 10.1. The van der Waals surface area contributed by atoms with Gasteiger partial charge in [0.15, 0.2) is 11.5 Å². The molecule has 0 bridgehead atoms. The molecule has 2 amide bonds. The SMILES string of the molecule is CCCC(=O)N(Cc1ccc(Cl)cc1)[C@@H](C)C(=O)NCCc1ccc(OC)c(OC)c1. The molecule has 0 aromatic heterocycles. The van der Waals surface area contributed by atoms with Crippen molar-refractivity contribution in [3.63, 3.8) is 0 Å². The van der Waals surface area contributed by atoms with E-state index in [1.165, 1.54) is 0 Å². The lowest BCUT2D eigenvalue weighted by Crippen LogP contribution is -2.47. The van der Waals surface area contributed by atoms with Crippen LogP contribution >= 0.6 is 11.6 Å². The second-order valence-corrected chi connectivity index (χ2v) is 7.74. The Morgan fingerprint density at radius 1 is 1.03 bits per heavy atom. The Bertz CT molecular complexity index is 870. The minimum absolute atomic E-state index is 0.0417. The Labute approximate surface area is 189 Å². The summed E-state index contributed by atoms with van der Waals surface area (Å²) in [4.78, 5) is 27.1. The van der Waals surface area contributed by atoms with E-state index in [0.717, 1.165) is 17.5 Å².